The van der Waals surface area contributed by atoms with E-state index in [-0.39, 0.29) is 17.8 Å². The third kappa shape index (κ3) is 4.55. The molecule has 0 radical (unpaired) electrons. The van der Waals surface area contributed by atoms with Gasteiger partial charge in [0.25, 0.3) is 0 Å². The smallest absolute Gasteiger partial charge is 0.245 e. The van der Waals surface area contributed by atoms with Crippen LogP contribution in [0.3, 0.4) is 0 Å². The van der Waals surface area contributed by atoms with Gasteiger partial charge < -0.3 is 15.0 Å². The van der Waals surface area contributed by atoms with E-state index in [1.165, 1.54) is 12.1 Å². The van der Waals surface area contributed by atoms with Gasteiger partial charge in [-0.3, -0.25) is 9.36 Å². The predicted octanol–water partition coefficient (Wildman–Crippen LogP) is 4.61. The SMILES string of the molecule is C=CC(=O)N1CCC(NC2COc3cc(-n4c(-c5ccccc5F)nc5ccc(-n6cccn6)nc54)ccc32)CC1. The van der Waals surface area contributed by atoms with Crippen molar-refractivity contribution in [2.45, 2.75) is 24.9 Å². The number of piperidine rings is 1. The zero-order valence-electron chi connectivity index (χ0n) is 22.3. The van der Waals surface area contributed by atoms with E-state index in [0.717, 1.165) is 29.8 Å². The number of amides is 1. The molecule has 1 atom stereocenters. The Bertz CT molecular complexity index is 1760. The average Bonchev–Trinajstić information content (AvgIpc) is 3.76. The predicted molar refractivity (Wildman–Crippen MR) is 153 cm³/mol. The van der Waals surface area contributed by atoms with E-state index in [1.54, 1.807) is 29.1 Å². The number of nitrogens with zero attached hydrogens (tertiary/aromatic N) is 6. The van der Waals surface area contributed by atoms with Crippen LogP contribution in [-0.2, 0) is 4.79 Å². The molecule has 9 nitrogen and oxygen atoms in total. The zero-order chi connectivity index (χ0) is 27.9. The molecule has 5 aromatic rings. The Morgan fingerprint density at radius 1 is 1.07 bits per heavy atom. The minimum atomic E-state index is -0.362. The number of benzene rings is 2. The Morgan fingerprint density at radius 2 is 1.93 bits per heavy atom. The summed E-state index contributed by atoms with van der Waals surface area (Å²) >= 11 is 0. The van der Waals surface area contributed by atoms with Crippen molar-refractivity contribution in [2.75, 3.05) is 19.7 Å². The molecule has 1 saturated heterocycles. The minimum Gasteiger partial charge on any atom is -0.491 e. The van der Waals surface area contributed by atoms with Gasteiger partial charge in [-0.1, -0.05) is 24.8 Å². The molecule has 2 aliphatic rings. The van der Waals surface area contributed by atoms with Crippen LogP contribution in [0.15, 0.2) is 85.7 Å². The molecule has 1 fully saturated rings. The van der Waals surface area contributed by atoms with Gasteiger partial charge in [0.2, 0.25) is 5.91 Å². The lowest BCUT2D eigenvalue weighted by atomic mass is 10.0. The summed E-state index contributed by atoms with van der Waals surface area (Å²) in [6.07, 6.45) is 6.65. The monoisotopic (exact) mass is 549 g/mol. The Kier molecular flexibility index (Phi) is 6.31. The fraction of sp³-hybridized carbons (Fsp3) is 0.226. The number of aromatic nitrogens is 5. The molecule has 2 aliphatic heterocycles. The van der Waals surface area contributed by atoms with E-state index in [4.69, 9.17) is 14.7 Å². The molecule has 0 aliphatic carbocycles. The van der Waals surface area contributed by atoms with E-state index >= 15 is 4.39 Å². The molecule has 41 heavy (non-hydrogen) atoms. The van der Waals surface area contributed by atoms with Crippen molar-refractivity contribution in [3.05, 3.63) is 97.1 Å². The highest BCUT2D eigenvalue weighted by Crippen LogP contribution is 2.37. The van der Waals surface area contributed by atoms with Gasteiger partial charge in [-0.15, -0.1) is 0 Å². The summed E-state index contributed by atoms with van der Waals surface area (Å²) in [5.74, 6) is 1.48. The molecule has 206 valence electrons. The first-order valence-corrected chi connectivity index (χ1v) is 13.7. The topological polar surface area (TPSA) is 90.1 Å². The van der Waals surface area contributed by atoms with Gasteiger partial charge in [-0.2, -0.15) is 5.10 Å². The number of hydrogen-bond acceptors (Lipinski definition) is 6. The normalized spacial score (nSPS) is 17.0. The van der Waals surface area contributed by atoms with Crippen LogP contribution in [0.1, 0.15) is 24.4 Å². The lowest BCUT2D eigenvalue weighted by Crippen LogP contribution is -2.45. The van der Waals surface area contributed by atoms with E-state index in [9.17, 15) is 4.79 Å². The largest absolute Gasteiger partial charge is 0.491 e. The summed E-state index contributed by atoms with van der Waals surface area (Å²) in [6.45, 7) is 5.52. The average molecular weight is 550 g/mol. The van der Waals surface area contributed by atoms with Crippen LogP contribution in [0.4, 0.5) is 4.39 Å². The third-order valence-electron chi connectivity index (χ3n) is 7.80. The maximum Gasteiger partial charge on any atom is 0.245 e. The fourth-order valence-electron chi connectivity index (χ4n) is 5.70. The van der Waals surface area contributed by atoms with Crippen LogP contribution in [-0.4, -0.2) is 60.9 Å². The number of carbonyl (C=O) groups excluding carboxylic acids is 1. The summed E-state index contributed by atoms with van der Waals surface area (Å²) in [5.41, 5.74) is 3.45. The molecule has 5 heterocycles. The zero-order valence-corrected chi connectivity index (χ0v) is 22.3. The van der Waals surface area contributed by atoms with Gasteiger partial charge in [-0.05, 0) is 55.3 Å². The highest BCUT2D eigenvalue weighted by Gasteiger charge is 2.30. The van der Waals surface area contributed by atoms with Crippen molar-refractivity contribution in [3.8, 4) is 28.6 Å². The molecule has 10 heteroatoms. The molecule has 1 unspecified atom stereocenters. The number of likely N-dealkylation sites (tertiary alicyclic amines) is 1. The van der Waals surface area contributed by atoms with Crippen molar-refractivity contribution < 1.29 is 13.9 Å². The van der Waals surface area contributed by atoms with Gasteiger partial charge in [0.1, 0.15) is 29.5 Å². The summed E-state index contributed by atoms with van der Waals surface area (Å²) in [4.78, 5) is 23.4. The van der Waals surface area contributed by atoms with Gasteiger partial charge in [0.05, 0.1) is 17.3 Å². The number of rotatable bonds is 6. The van der Waals surface area contributed by atoms with Crippen molar-refractivity contribution in [2.24, 2.45) is 0 Å². The summed E-state index contributed by atoms with van der Waals surface area (Å²) in [7, 11) is 0. The van der Waals surface area contributed by atoms with Gasteiger partial charge in [-0.25, -0.2) is 19.0 Å². The Hall–Kier alpha value is -4.83. The van der Waals surface area contributed by atoms with E-state index in [1.807, 2.05) is 46.0 Å². The third-order valence-corrected chi connectivity index (χ3v) is 7.80. The van der Waals surface area contributed by atoms with Crippen LogP contribution >= 0.6 is 0 Å². The van der Waals surface area contributed by atoms with Crippen LogP contribution in [0.25, 0.3) is 34.1 Å². The second-order valence-corrected chi connectivity index (χ2v) is 10.3. The van der Waals surface area contributed by atoms with Gasteiger partial charge >= 0.3 is 0 Å². The minimum absolute atomic E-state index is 0.0152. The first-order valence-electron chi connectivity index (χ1n) is 13.7. The number of imidazole rings is 1. The Labute approximate surface area is 235 Å². The Morgan fingerprint density at radius 3 is 2.71 bits per heavy atom. The number of halogens is 1. The first-order chi connectivity index (χ1) is 20.1. The first kappa shape index (κ1) is 25.2. The lowest BCUT2D eigenvalue weighted by molar-refractivity contribution is -0.127. The second-order valence-electron chi connectivity index (χ2n) is 10.3. The molecule has 7 rings (SSSR count). The quantitative estimate of drug-likeness (QED) is 0.311. The summed E-state index contributed by atoms with van der Waals surface area (Å²) < 4.78 is 24.7. The highest BCUT2D eigenvalue weighted by molar-refractivity contribution is 5.87. The maximum absolute atomic E-state index is 15.0. The van der Waals surface area contributed by atoms with E-state index < -0.39 is 0 Å². The van der Waals surface area contributed by atoms with Gasteiger partial charge in [0.15, 0.2) is 11.5 Å². The van der Waals surface area contributed by atoms with E-state index in [2.05, 4.69) is 23.1 Å². The lowest BCUT2D eigenvalue weighted by Gasteiger charge is -2.33. The molecule has 1 amide bonds. The van der Waals surface area contributed by atoms with Crippen LogP contribution in [0, 0.1) is 5.82 Å². The van der Waals surface area contributed by atoms with E-state index in [0.29, 0.717) is 54.1 Å². The number of pyridine rings is 1. The highest BCUT2D eigenvalue weighted by atomic mass is 19.1. The number of ether oxygens (including phenoxy) is 1. The fourth-order valence-corrected chi connectivity index (χ4v) is 5.70. The second kappa shape index (κ2) is 10.3. The molecule has 0 spiro atoms. The van der Waals surface area contributed by atoms with Crippen LogP contribution in [0.5, 0.6) is 5.75 Å². The molecular weight excluding hydrogens is 521 g/mol. The number of hydrogen-bond donors (Lipinski definition) is 1. The molecule has 1 N–H and O–H groups in total. The molecule has 0 saturated carbocycles. The molecular formula is C31H28FN7O2. The van der Waals surface area contributed by atoms with Crippen molar-refractivity contribution in [1.29, 1.82) is 0 Å². The maximum atomic E-state index is 15.0. The van der Waals surface area contributed by atoms with Crippen LogP contribution < -0.4 is 10.1 Å². The molecule has 3 aromatic heterocycles. The van der Waals surface area contributed by atoms with Crippen molar-refractivity contribution in [3.63, 3.8) is 0 Å². The van der Waals surface area contributed by atoms with Crippen molar-refractivity contribution >= 4 is 17.1 Å². The summed E-state index contributed by atoms with van der Waals surface area (Å²) in [6, 6.07) is 18.5. The summed E-state index contributed by atoms with van der Waals surface area (Å²) in [5, 5.41) is 8.03. The van der Waals surface area contributed by atoms with Crippen molar-refractivity contribution in [1.82, 2.24) is 34.5 Å². The molecule has 0 bridgehead atoms. The number of nitrogens with one attached hydrogen (secondary N) is 1. The number of carbonyl (C=O) groups is 1. The molecule has 2 aromatic carbocycles. The standard InChI is InChI=1S/C31H28FN7O2/c1-2-29(40)37-16-12-20(13-17-37)34-26-19-41-27-18-21(8-9-23(26)27)39-30(22-6-3-4-7-24(22)32)35-25-10-11-28(36-31(25)39)38-15-5-14-33-38/h2-11,14-15,18,20,26,34H,1,12-13,16-17,19H2. The van der Waals surface area contributed by atoms with Gasteiger partial charge in [0, 0.05) is 43.2 Å². The number of fused-ring (bicyclic) bond motifs is 2. The van der Waals surface area contributed by atoms with Crippen LogP contribution in [0.2, 0.25) is 0 Å². The Balaban J connectivity index is 1.24.